The first-order chi connectivity index (χ1) is 7.22. The maximum absolute atomic E-state index is 10.7. The maximum Gasteiger partial charge on any atom is 0.0950 e. The van der Waals surface area contributed by atoms with Gasteiger partial charge in [-0.1, -0.05) is 0 Å². The van der Waals surface area contributed by atoms with E-state index >= 15 is 0 Å². The molecule has 2 fully saturated rings. The molecule has 1 atom stereocenters. The predicted molar refractivity (Wildman–Crippen MR) is 56.5 cm³/mol. The lowest BCUT2D eigenvalue weighted by Crippen LogP contribution is -2.59. The van der Waals surface area contributed by atoms with Crippen molar-refractivity contribution in [2.75, 3.05) is 33.0 Å². The maximum atomic E-state index is 10.7. The Bertz CT molecular complexity index is 208. The molecular formula is C11H21NO3. The fraction of sp³-hybridized carbons (Fsp3) is 1.00. The summed E-state index contributed by atoms with van der Waals surface area (Å²) in [6, 6.07) is 0. The van der Waals surface area contributed by atoms with Gasteiger partial charge in [-0.2, -0.15) is 0 Å². The van der Waals surface area contributed by atoms with Gasteiger partial charge in [-0.05, 0) is 25.7 Å². The molecule has 0 saturated carbocycles. The molecule has 2 saturated heterocycles. The lowest BCUT2D eigenvalue weighted by molar-refractivity contribution is -0.184. The average Bonchev–Trinajstić information content (AvgIpc) is 2.31. The minimum Gasteiger partial charge on any atom is -0.387 e. The van der Waals surface area contributed by atoms with Crippen molar-refractivity contribution in [3.63, 3.8) is 0 Å². The Morgan fingerprint density at radius 2 is 1.80 bits per heavy atom. The molecule has 1 unspecified atom stereocenters. The van der Waals surface area contributed by atoms with Crippen LogP contribution in [0.15, 0.2) is 0 Å². The number of aliphatic hydroxyl groups is 1. The van der Waals surface area contributed by atoms with Crippen LogP contribution in [0.5, 0.6) is 0 Å². The van der Waals surface area contributed by atoms with Gasteiger partial charge in [0, 0.05) is 31.8 Å². The van der Waals surface area contributed by atoms with Gasteiger partial charge in [0.1, 0.15) is 0 Å². The molecule has 2 heterocycles. The smallest absolute Gasteiger partial charge is 0.0950 e. The van der Waals surface area contributed by atoms with Crippen LogP contribution < -0.4 is 5.73 Å². The van der Waals surface area contributed by atoms with Gasteiger partial charge < -0.3 is 20.3 Å². The molecule has 4 heteroatoms. The van der Waals surface area contributed by atoms with E-state index in [0.29, 0.717) is 26.4 Å². The Hall–Kier alpha value is -0.160. The standard InChI is InChI=1S/C11H21NO3/c12-8-10(3-6-14-7-4-10)11(13)2-1-5-15-9-11/h13H,1-9,12H2. The van der Waals surface area contributed by atoms with Crippen LogP contribution in [0.2, 0.25) is 0 Å². The van der Waals surface area contributed by atoms with Crippen LogP contribution in [-0.2, 0) is 9.47 Å². The van der Waals surface area contributed by atoms with Gasteiger partial charge in [0.25, 0.3) is 0 Å². The highest BCUT2D eigenvalue weighted by atomic mass is 16.5. The SMILES string of the molecule is NCC1(C2(O)CCCOC2)CCOCC1. The number of nitrogens with two attached hydrogens (primary N) is 1. The fourth-order valence-corrected chi connectivity index (χ4v) is 2.82. The number of rotatable bonds is 2. The molecule has 0 aromatic carbocycles. The quantitative estimate of drug-likeness (QED) is 0.694. The minimum atomic E-state index is -0.732. The molecule has 88 valence electrons. The zero-order valence-corrected chi connectivity index (χ0v) is 9.21. The van der Waals surface area contributed by atoms with Gasteiger partial charge in [0.05, 0.1) is 12.2 Å². The number of ether oxygens (including phenoxy) is 2. The minimum absolute atomic E-state index is 0.189. The highest BCUT2D eigenvalue weighted by Gasteiger charge is 2.50. The highest BCUT2D eigenvalue weighted by Crippen LogP contribution is 2.44. The molecule has 2 rings (SSSR count). The van der Waals surface area contributed by atoms with Crippen LogP contribution in [0.25, 0.3) is 0 Å². The van der Waals surface area contributed by atoms with E-state index in [-0.39, 0.29) is 5.41 Å². The molecule has 0 aliphatic carbocycles. The normalized spacial score (nSPS) is 36.4. The Morgan fingerprint density at radius 1 is 1.07 bits per heavy atom. The summed E-state index contributed by atoms with van der Waals surface area (Å²) in [5.74, 6) is 0. The molecule has 4 nitrogen and oxygen atoms in total. The molecule has 0 spiro atoms. The Morgan fingerprint density at radius 3 is 2.33 bits per heavy atom. The third-order valence-electron chi connectivity index (χ3n) is 4.05. The summed E-state index contributed by atoms with van der Waals surface area (Å²) in [7, 11) is 0. The highest BCUT2D eigenvalue weighted by molar-refractivity contribution is 5.01. The van der Waals surface area contributed by atoms with Gasteiger partial charge in [-0.3, -0.25) is 0 Å². The first kappa shape index (κ1) is 11.3. The first-order valence-electron chi connectivity index (χ1n) is 5.80. The molecule has 0 aromatic heterocycles. The molecule has 3 N–H and O–H groups in total. The van der Waals surface area contributed by atoms with E-state index in [0.717, 1.165) is 32.3 Å². The van der Waals surface area contributed by atoms with Crippen molar-refractivity contribution < 1.29 is 14.6 Å². The van der Waals surface area contributed by atoms with E-state index in [1.807, 2.05) is 0 Å². The molecule has 0 radical (unpaired) electrons. The lowest BCUT2D eigenvalue weighted by Gasteiger charge is -2.50. The molecule has 2 aliphatic heterocycles. The summed E-state index contributed by atoms with van der Waals surface area (Å²) in [5.41, 5.74) is 4.96. The summed E-state index contributed by atoms with van der Waals surface area (Å²) in [6.07, 6.45) is 3.44. The number of hydrogen-bond acceptors (Lipinski definition) is 4. The van der Waals surface area contributed by atoms with Crippen LogP contribution in [0, 0.1) is 5.41 Å². The topological polar surface area (TPSA) is 64.7 Å². The monoisotopic (exact) mass is 215 g/mol. The zero-order chi connectivity index (χ0) is 10.8. The summed E-state index contributed by atoms with van der Waals surface area (Å²) < 4.78 is 10.8. The van der Waals surface area contributed by atoms with Gasteiger partial charge >= 0.3 is 0 Å². The largest absolute Gasteiger partial charge is 0.387 e. The molecule has 15 heavy (non-hydrogen) atoms. The van der Waals surface area contributed by atoms with E-state index < -0.39 is 5.60 Å². The van der Waals surface area contributed by atoms with Crippen molar-refractivity contribution in [3.05, 3.63) is 0 Å². The van der Waals surface area contributed by atoms with Crippen LogP contribution in [0.4, 0.5) is 0 Å². The van der Waals surface area contributed by atoms with Crippen LogP contribution >= 0.6 is 0 Å². The Balaban J connectivity index is 2.15. The van der Waals surface area contributed by atoms with Crippen LogP contribution in [0.3, 0.4) is 0 Å². The van der Waals surface area contributed by atoms with Crippen LogP contribution in [0.1, 0.15) is 25.7 Å². The van der Waals surface area contributed by atoms with Gasteiger partial charge in [0.2, 0.25) is 0 Å². The van der Waals surface area contributed by atoms with Crippen molar-refractivity contribution >= 4 is 0 Å². The molecule has 2 aliphatic rings. The van der Waals surface area contributed by atoms with E-state index in [2.05, 4.69) is 0 Å². The lowest BCUT2D eigenvalue weighted by atomic mass is 9.64. The molecular weight excluding hydrogens is 194 g/mol. The van der Waals surface area contributed by atoms with Crippen molar-refractivity contribution in [3.8, 4) is 0 Å². The van der Waals surface area contributed by atoms with E-state index in [1.54, 1.807) is 0 Å². The third-order valence-corrected chi connectivity index (χ3v) is 4.05. The van der Waals surface area contributed by atoms with Gasteiger partial charge in [0.15, 0.2) is 0 Å². The fourth-order valence-electron chi connectivity index (χ4n) is 2.82. The summed E-state index contributed by atoms with van der Waals surface area (Å²) in [4.78, 5) is 0. The second kappa shape index (κ2) is 4.37. The van der Waals surface area contributed by atoms with E-state index in [4.69, 9.17) is 15.2 Å². The van der Waals surface area contributed by atoms with Crippen molar-refractivity contribution in [1.82, 2.24) is 0 Å². The van der Waals surface area contributed by atoms with Gasteiger partial charge in [-0.15, -0.1) is 0 Å². The van der Waals surface area contributed by atoms with E-state index in [9.17, 15) is 5.11 Å². The van der Waals surface area contributed by atoms with Crippen molar-refractivity contribution in [2.45, 2.75) is 31.3 Å². The summed E-state index contributed by atoms with van der Waals surface area (Å²) in [6.45, 7) is 3.14. The Labute approximate surface area is 90.7 Å². The summed E-state index contributed by atoms with van der Waals surface area (Å²) in [5, 5.41) is 10.7. The van der Waals surface area contributed by atoms with Crippen molar-refractivity contribution in [1.29, 1.82) is 0 Å². The average molecular weight is 215 g/mol. The first-order valence-corrected chi connectivity index (χ1v) is 5.80. The molecule has 0 bridgehead atoms. The van der Waals surface area contributed by atoms with Gasteiger partial charge in [-0.25, -0.2) is 0 Å². The predicted octanol–water partition coefficient (Wildman–Crippen LogP) is 0.283. The molecule has 0 amide bonds. The Kier molecular flexibility index (Phi) is 3.30. The summed E-state index contributed by atoms with van der Waals surface area (Å²) >= 11 is 0. The van der Waals surface area contributed by atoms with E-state index in [1.165, 1.54) is 0 Å². The second-order valence-corrected chi connectivity index (χ2v) is 4.78. The second-order valence-electron chi connectivity index (χ2n) is 4.78. The van der Waals surface area contributed by atoms with Crippen LogP contribution in [-0.4, -0.2) is 43.7 Å². The third kappa shape index (κ3) is 1.91. The zero-order valence-electron chi connectivity index (χ0n) is 9.21. The molecule has 0 aromatic rings. The number of hydrogen-bond donors (Lipinski definition) is 2. The van der Waals surface area contributed by atoms with Crippen molar-refractivity contribution in [2.24, 2.45) is 11.1 Å².